The Bertz CT molecular complexity index is 379. The molecular weight excluding hydrogens is 252 g/mol. The second-order valence-electron chi connectivity index (χ2n) is 5.44. The number of benzene rings is 1. The highest BCUT2D eigenvalue weighted by Crippen LogP contribution is 2.20. The van der Waals surface area contributed by atoms with Crippen molar-refractivity contribution in [1.29, 1.82) is 0 Å². The lowest BCUT2D eigenvalue weighted by atomic mass is 10.0. The molecule has 0 amide bonds. The Morgan fingerprint density at radius 1 is 1.15 bits per heavy atom. The summed E-state index contributed by atoms with van der Waals surface area (Å²) in [5, 5.41) is 0. The van der Waals surface area contributed by atoms with E-state index in [0.29, 0.717) is 0 Å². The van der Waals surface area contributed by atoms with Crippen LogP contribution in [-0.4, -0.2) is 44.4 Å². The first-order chi connectivity index (χ1) is 9.45. The summed E-state index contributed by atoms with van der Waals surface area (Å²) in [6.45, 7) is 7.85. The van der Waals surface area contributed by atoms with Crippen LogP contribution in [0.1, 0.15) is 32.4 Å². The molecule has 0 bridgehead atoms. The zero-order valence-electron chi connectivity index (χ0n) is 13.3. The number of nitrogens with zero attached hydrogens (tertiary/aromatic N) is 1. The first kappa shape index (κ1) is 17.0. The lowest BCUT2D eigenvalue weighted by molar-refractivity contribution is 0.0549. The van der Waals surface area contributed by atoms with Crippen molar-refractivity contribution in [3.63, 3.8) is 0 Å². The van der Waals surface area contributed by atoms with E-state index in [2.05, 4.69) is 18.9 Å². The molecule has 0 aliphatic heterocycles. The van der Waals surface area contributed by atoms with Gasteiger partial charge in [0.25, 0.3) is 0 Å². The quantitative estimate of drug-likeness (QED) is 0.794. The number of hydrogen-bond acceptors (Lipinski definition) is 4. The summed E-state index contributed by atoms with van der Waals surface area (Å²) in [5.41, 5.74) is 7.46. The van der Waals surface area contributed by atoms with Crippen LogP contribution in [-0.2, 0) is 4.74 Å². The van der Waals surface area contributed by atoms with Crippen LogP contribution in [0.15, 0.2) is 24.3 Å². The van der Waals surface area contributed by atoms with Gasteiger partial charge in [-0.1, -0.05) is 12.1 Å². The van der Waals surface area contributed by atoms with E-state index in [4.69, 9.17) is 15.2 Å². The third-order valence-corrected chi connectivity index (χ3v) is 3.61. The summed E-state index contributed by atoms with van der Waals surface area (Å²) >= 11 is 0. The van der Waals surface area contributed by atoms with Crippen molar-refractivity contribution < 1.29 is 9.47 Å². The number of rotatable bonds is 8. The molecule has 4 nitrogen and oxygen atoms in total. The molecule has 0 spiro atoms. The third-order valence-electron chi connectivity index (χ3n) is 3.61. The van der Waals surface area contributed by atoms with E-state index in [0.717, 1.165) is 24.5 Å². The largest absolute Gasteiger partial charge is 0.497 e. The highest BCUT2D eigenvalue weighted by Gasteiger charge is 2.19. The maximum atomic E-state index is 6.34. The van der Waals surface area contributed by atoms with Gasteiger partial charge in [0.1, 0.15) is 5.75 Å². The van der Waals surface area contributed by atoms with Crippen molar-refractivity contribution in [3.05, 3.63) is 29.8 Å². The van der Waals surface area contributed by atoms with Crippen molar-refractivity contribution in [2.24, 2.45) is 5.73 Å². The molecule has 2 N–H and O–H groups in total. The van der Waals surface area contributed by atoms with Gasteiger partial charge in [-0.3, -0.25) is 4.90 Å². The Labute approximate surface area is 122 Å². The number of methoxy groups -OCH3 is 1. The molecule has 1 aromatic rings. The molecule has 0 aliphatic rings. The maximum absolute atomic E-state index is 6.34. The van der Waals surface area contributed by atoms with E-state index < -0.39 is 0 Å². The summed E-state index contributed by atoms with van der Waals surface area (Å²) in [5.74, 6) is 0.854. The molecule has 0 saturated carbocycles. The van der Waals surface area contributed by atoms with Gasteiger partial charge in [0.05, 0.1) is 19.8 Å². The van der Waals surface area contributed by atoms with Gasteiger partial charge >= 0.3 is 0 Å². The zero-order valence-corrected chi connectivity index (χ0v) is 13.3. The average Bonchev–Trinajstić information content (AvgIpc) is 2.45. The predicted octanol–water partition coefficient (Wildman–Crippen LogP) is 2.44. The second-order valence-corrected chi connectivity index (χ2v) is 5.44. The SMILES string of the molecule is COc1ccc(C(N)C(C)N(C)CCOC(C)C)cc1. The molecule has 114 valence electrons. The Hall–Kier alpha value is -1.10. The Balaban J connectivity index is 2.53. The fraction of sp³-hybridized carbons (Fsp3) is 0.625. The Morgan fingerprint density at radius 2 is 1.75 bits per heavy atom. The van der Waals surface area contributed by atoms with E-state index >= 15 is 0 Å². The molecule has 1 rings (SSSR count). The molecule has 0 aromatic heterocycles. The molecular formula is C16H28N2O2. The van der Waals surface area contributed by atoms with Crippen LogP contribution in [0.5, 0.6) is 5.75 Å². The summed E-state index contributed by atoms with van der Waals surface area (Å²) in [6, 6.07) is 8.17. The van der Waals surface area contributed by atoms with Crippen LogP contribution in [0.4, 0.5) is 0 Å². The van der Waals surface area contributed by atoms with Crippen LogP contribution >= 0.6 is 0 Å². The maximum Gasteiger partial charge on any atom is 0.118 e. The van der Waals surface area contributed by atoms with Gasteiger partial charge in [0.2, 0.25) is 0 Å². The van der Waals surface area contributed by atoms with E-state index in [-0.39, 0.29) is 18.2 Å². The summed E-state index contributed by atoms with van der Waals surface area (Å²) in [4.78, 5) is 2.23. The standard InChI is InChI=1S/C16H28N2O2/c1-12(2)20-11-10-18(4)13(3)16(17)14-6-8-15(19-5)9-7-14/h6-9,12-13,16H,10-11,17H2,1-5H3. The monoisotopic (exact) mass is 280 g/mol. The zero-order chi connectivity index (χ0) is 15.1. The molecule has 2 atom stereocenters. The van der Waals surface area contributed by atoms with Crippen molar-refractivity contribution in [1.82, 2.24) is 4.90 Å². The van der Waals surface area contributed by atoms with Gasteiger partial charge in [-0.25, -0.2) is 0 Å². The topological polar surface area (TPSA) is 47.7 Å². The molecule has 0 fully saturated rings. The predicted molar refractivity (Wildman–Crippen MR) is 83.1 cm³/mol. The lowest BCUT2D eigenvalue weighted by Gasteiger charge is -2.30. The van der Waals surface area contributed by atoms with Crippen LogP contribution in [0, 0.1) is 0 Å². The van der Waals surface area contributed by atoms with E-state index in [1.807, 2.05) is 38.1 Å². The van der Waals surface area contributed by atoms with E-state index in [1.54, 1.807) is 7.11 Å². The normalized spacial score (nSPS) is 14.6. The molecule has 0 radical (unpaired) electrons. The minimum Gasteiger partial charge on any atom is -0.497 e. The van der Waals surface area contributed by atoms with Gasteiger partial charge < -0.3 is 15.2 Å². The van der Waals surface area contributed by atoms with Gasteiger partial charge in [-0.05, 0) is 45.5 Å². The highest BCUT2D eigenvalue weighted by molar-refractivity contribution is 5.29. The molecule has 1 aromatic carbocycles. The number of hydrogen-bond donors (Lipinski definition) is 1. The van der Waals surface area contributed by atoms with Crippen molar-refractivity contribution >= 4 is 0 Å². The van der Waals surface area contributed by atoms with Crippen molar-refractivity contribution in [3.8, 4) is 5.75 Å². The van der Waals surface area contributed by atoms with Crippen molar-refractivity contribution in [2.75, 3.05) is 27.3 Å². The summed E-state index contributed by atoms with van der Waals surface area (Å²) in [7, 11) is 3.75. The minimum atomic E-state index is -0.0232. The minimum absolute atomic E-state index is 0.0232. The van der Waals surface area contributed by atoms with E-state index in [9.17, 15) is 0 Å². The molecule has 2 unspecified atom stereocenters. The molecule has 0 heterocycles. The molecule has 20 heavy (non-hydrogen) atoms. The number of likely N-dealkylation sites (N-methyl/N-ethyl adjacent to an activating group) is 1. The van der Waals surface area contributed by atoms with Gasteiger partial charge in [-0.2, -0.15) is 0 Å². The van der Waals surface area contributed by atoms with Gasteiger partial charge in [0.15, 0.2) is 0 Å². The van der Waals surface area contributed by atoms with Crippen LogP contribution in [0.25, 0.3) is 0 Å². The Morgan fingerprint density at radius 3 is 2.25 bits per heavy atom. The molecule has 0 aliphatic carbocycles. The highest BCUT2D eigenvalue weighted by atomic mass is 16.5. The van der Waals surface area contributed by atoms with Crippen LogP contribution in [0.2, 0.25) is 0 Å². The second kappa shape index (κ2) is 8.25. The van der Waals surface area contributed by atoms with Crippen LogP contribution in [0.3, 0.4) is 0 Å². The Kier molecular flexibility index (Phi) is 6.99. The fourth-order valence-corrected chi connectivity index (χ4v) is 2.01. The van der Waals surface area contributed by atoms with Gasteiger partial charge in [0, 0.05) is 18.6 Å². The van der Waals surface area contributed by atoms with Crippen molar-refractivity contribution in [2.45, 2.75) is 39.0 Å². The summed E-state index contributed by atoms with van der Waals surface area (Å²) in [6.07, 6.45) is 0.272. The summed E-state index contributed by atoms with van der Waals surface area (Å²) < 4.78 is 10.7. The van der Waals surface area contributed by atoms with Gasteiger partial charge in [-0.15, -0.1) is 0 Å². The molecule has 0 saturated heterocycles. The third kappa shape index (κ3) is 5.12. The lowest BCUT2D eigenvalue weighted by Crippen LogP contribution is -2.40. The number of ether oxygens (including phenoxy) is 2. The van der Waals surface area contributed by atoms with Crippen LogP contribution < -0.4 is 10.5 Å². The number of nitrogens with two attached hydrogens (primary N) is 1. The fourth-order valence-electron chi connectivity index (χ4n) is 2.01. The first-order valence-corrected chi connectivity index (χ1v) is 7.17. The molecule has 4 heteroatoms. The first-order valence-electron chi connectivity index (χ1n) is 7.17. The average molecular weight is 280 g/mol. The smallest absolute Gasteiger partial charge is 0.118 e. The van der Waals surface area contributed by atoms with E-state index in [1.165, 1.54) is 0 Å².